The number of halogens is 1. The van der Waals surface area contributed by atoms with Crippen molar-refractivity contribution in [3.63, 3.8) is 0 Å². The number of ether oxygens (including phenoxy) is 1. The Labute approximate surface area is 74.4 Å². The average molecular weight is 177 g/mol. The summed E-state index contributed by atoms with van der Waals surface area (Å²) in [6, 6.07) is 0. The highest BCUT2D eigenvalue weighted by Gasteiger charge is 1.91. The third-order valence-corrected chi connectivity index (χ3v) is 1.77. The molecule has 1 nitrogen and oxygen atoms in total. The topological polar surface area (TPSA) is 9.23 Å². The van der Waals surface area contributed by atoms with Crippen LogP contribution in [-0.2, 0) is 4.74 Å². The van der Waals surface area contributed by atoms with Gasteiger partial charge in [0.15, 0.2) is 0 Å². The Hall–Kier alpha value is -0.0100. The summed E-state index contributed by atoms with van der Waals surface area (Å²) in [5, 5.41) is 0. The Balaban J connectivity index is 2.95. The third kappa shape index (κ3) is 7.89. The van der Waals surface area contributed by atoms with E-state index in [1.54, 1.807) is 0 Å². The summed E-state index contributed by atoms with van der Waals surface area (Å²) in [5.74, 6) is 0.508. The van der Waals surface area contributed by atoms with Crippen LogP contribution in [0.4, 0.5) is 0 Å². The van der Waals surface area contributed by atoms with Gasteiger partial charge in [-0.05, 0) is 12.0 Å². The Morgan fingerprint density at radius 2 is 2.18 bits per heavy atom. The lowest BCUT2D eigenvalue weighted by atomic mass is 10.3. The van der Waals surface area contributed by atoms with Crippen LogP contribution in [0.5, 0.6) is 0 Å². The van der Waals surface area contributed by atoms with Gasteiger partial charge in [0.1, 0.15) is 0 Å². The summed E-state index contributed by atoms with van der Waals surface area (Å²) >= 11 is 5.51. The zero-order chi connectivity index (χ0) is 8.53. The highest BCUT2D eigenvalue weighted by Crippen LogP contribution is 1.98. The quantitative estimate of drug-likeness (QED) is 0.329. The number of unbranched alkanes of at least 4 members (excludes halogenated alkanes) is 2. The van der Waals surface area contributed by atoms with E-state index < -0.39 is 0 Å². The molecular formula is C9H17ClO. The van der Waals surface area contributed by atoms with Gasteiger partial charge < -0.3 is 4.74 Å². The van der Waals surface area contributed by atoms with Gasteiger partial charge in [0, 0.05) is 12.5 Å². The standard InChI is InChI=1S/C9H17ClO/c1-3-4-5-6-11-8-9(2)7-10/h2-8H2,1H3. The minimum Gasteiger partial charge on any atom is -0.377 e. The van der Waals surface area contributed by atoms with Crippen LogP contribution in [0.15, 0.2) is 12.2 Å². The second-order valence-electron chi connectivity index (χ2n) is 2.64. The monoisotopic (exact) mass is 176 g/mol. The zero-order valence-electron chi connectivity index (χ0n) is 7.24. The number of hydrogen-bond donors (Lipinski definition) is 0. The normalized spacial score (nSPS) is 10.0. The molecule has 0 N–H and O–H groups in total. The van der Waals surface area contributed by atoms with E-state index >= 15 is 0 Å². The van der Waals surface area contributed by atoms with E-state index in [2.05, 4.69) is 13.5 Å². The molecule has 0 saturated heterocycles. The van der Waals surface area contributed by atoms with Gasteiger partial charge in [0.25, 0.3) is 0 Å². The van der Waals surface area contributed by atoms with Gasteiger partial charge >= 0.3 is 0 Å². The molecule has 0 aliphatic carbocycles. The number of rotatable bonds is 7. The molecule has 0 rings (SSSR count). The van der Waals surface area contributed by atoms with Crippen molar-refractivity contribution in [2.45, 2.75) is 26.2 Å². The average Bonchev–Trinajstić information content (AvgIpc) is 2.04. The van der Waals surface area contributed by atoms with Crippen LogP contribution in [0.2, 0.25) is 0 Å². The Morgan fingerprint density at radius 1 is 1.45 bits per heavy atom. The second kappa shape index (κ2) is 8.09. The van der Waals surface area contributed by atoms with Crippen molar-refractivity contribution in [1.29, 1.82) is 0 Å². The van der Waals surface area contributed by atoms with E-state index in [9.17, 15) is 0 Å². The van der Waals surface area contributed by atoms with E-state index in [1.165, 1.54) is 12.8 Å². The highest BCUT2D eigenvalue weighted by molar-refractivity contribution is 6.19. The smallest absolute Gasteiger partial charge is 0.0685 e. The van der Waals surface area contributed by atoms with Crippen LogP contribution in [0.3, 0.4) is 0 Å². The SMILES string of the molecule is C=C(CCl)COCCCCC. The molecule has 0 atom stereocenters. The third-order valence-electron chi connectivity index (χ3n) is 1.39. The van der Waals surface area contributed by atoms with Crippen LogP contribution in [-0.4, -0.2) is 19.1 Å². The fourth-order valence-electron chi connectivity index (χ4n) is 0.709. The second-order valence-corrected chi connectivity index (χ2v) is 2.91. The Morgan fingerprint density at radius 3 is 2.73 bits per heavy atom. The molecule has 0 radical (unpaired) electrons. The van der Waals surface area contributed by atoms with Crippen LogP contribution in [0, 0.1) is 0 Å². The molecule has 0 amide bonds. The first-order valence-electron chi connectivity index (χ1n) is 4.11. The Kier molecular flexibility index (Phi) is 8.08. The van der Waals surface area contributed by atoms with Gasteiger partial charge in [0.2, 0.25) is 0 Å². The maximum Gasteiger partial charge on any atom is 0.0685 e. The van der Waals surface area contributed by atoms with Crippen molar-refractivity contribution in [3.05, 3.63) is 12.2 Å². The van der Waals surface area contributed by atoms with Crippen LogP contribution in [0.25, 0.3) is 0 Å². The van der Waals surface area contributed by atoms with Crippen molar-refractivity contribution in [2.75, 3.05) is 19.1 Å². The van der Waals surface area contributed by atoms with E-state index in [0.717, 1.165) is 18.6 Å². The molecule has 0 aromatic carbocycles. The van der Waals surface area contributed by atoms with Gasteiger partial charge in [-0.2, -0.15) is 0 Å². The van der Waals surface area contributed by atoms with Gasteiger partial charge in [-0.1, -0.05) is 26.3 Å². The molecular weight excluding hydrogens is 160 g/mol. The zero-order valence-corrected chi connectivity index (χ0v) is 7.99. The summed E-state index contributed by atoms with van der Waals surface area (Å²) < 4.78 is 5.30. The van der Waals surface area contributed by atoms with E-state index in [-0.39, 0.29) is 0 Å². The molecule has 0 aromatic rings. The molecule has 66 valence electrons. The van der Waals surface area contributed by atoms with Gasteiger partial charge in [0.05, 0.1) is 6.61 Å². The Bertz CT molecular complexity index is 102. The largest absolute Gasteiger partial charge is 0.377 e. The molecule has 0 unspecified atom stereocenters. The first-order valence-corrected chi connectivity index (χ1v) is 4.65. The molecule has 0 heterocycles. The highest BCUT2D eigenvalue weighted by atomic mass is 35.5. The van der Waals surface area contributed by atoms with Crippen LogP contribution in [0.1, 0.15) is 26.2 Å². The van der Waals surface area contributed by atoms with Crippen molar-refractivity contribution in [3.8, 4) is 0 Å². The fraction of sp³-hybridized carbons (Fsp3) is 0.778. The summed E-state index contributed by atoms with van der Waals surface area (Å²) in [5.41, 5.74) is 0.961. The van der Waals surface area contributed by atoms with Gasteiger partial charge in [-0.3, -0.25) is 0 Å². The van der Waals surface area contributed by atoms with Crippen molar-refractivity contribution in [2.24, 2.45) is 0 Å². The maximum absolute atomic E-state index is 5.51. The summed E-state index contributed by atoms with van der Waals surface area (Å²) in [6.07, 6.45) is 3.62. The van der Waals surface area contributed by atoms with Crippen molar-refractivity contribution >= 4 is 11.6 Å². The lowest BCUT2D eigenvalue weighted by Crippen LogP contribution is -1.99. The summed E-state index contributed by atoms with van der Waals surface area (Å²) in [7, 11) is 0. The molecule has 0 aromatic heterocycles. The molecule has 0 bridgehead atoms. The minimum atomic E-state index is 0.508. The fourth-order valence-corrected chi connectivity index (χ4v) is 0.786. The molecule has 0 saturated carbocycles. The first kappa shape index (κ1) is 11.0. The van der Waals surface area contributed by atoms with Crippen molar-refractivity contribution < 1.29 is 4.74 Å². The van der Waals surface area contributed by atoms with Crippen LogP contribution < -0.4 is 0 Å². The van der Waals surface area contributed by atoms with E-state index in [0.29, 0.717) is 12.5 Å². The minimum absolute atomic E-state index is 0.508. The van der Waals surface area contributed by atoms with E-state index in [4.69, 9.17) is 16.3 Å². The predicted molar refractivity (Wildman–Crippen MR) is 50.2 cm³/mol. The molecule has 2 heteroatoms. The first-order chi connectivity index (χ1) is 5.31. The molecule has 0 fully saturated rings. The molecule has 11 heavy (non-hydrogen) atoms. The predicted octanol–water partition coefficient (Wildman–Crippen LogP) is 2.99. The van der Waals surface area contributed by atoms with Crippen molar-refractivity contribution in [1.82, 2.24) is 0 Å². The molecule has 0 aliphatic rings. The maximum atomic E-state index is 5.51. The summed E-state index contributed by atoms with van der Waals surface area (Å²) in [4.78, 5) is 0. The lowest BCUT2D eigenvalue weighted by Gasteiger charge is -2.03. The number of alkyl halides is 1. The number of hydrogen-bond acceptors (Lipinski definition) is 1. The van der Waals surface area contributed by atoms with Crippen LogP contribution >= 0.6 is 11.6 Å². The van der Waals surface area contributed by atoms with Gasteiger partial charge in [-0.25, -0.2) is 0 Å². The lowest BCUT2D eigenvalue weighted by molar-refractivity contribution is 0.152. The molecule has 0 spiro atoms. The molecule has 0 aliphatic heterocycles. The van der Waals surface area contributed by atoms with E-state index in [1.807, 2.05) is 0 Å². The van der Waals surface area contributed by atoms with Gasteiger partial charge in [-0.15, -0.1) is 11.6 Å². The summed E-state index contributed by atoms with van der Waals surface area (Å²) in [6.45, 7) is 7.37.